The van der Waals surface area contributed by atoms with E-state index in [-0.39, 0.29) is 11.3 Å². The molecule has 1 saturated heterocycles. The summed E-state index contributed by atoms with van der Waals surface area (Å²) >= 11 is 0. The third-order valence-corrected chi connectivity index (χ3v) is 6.19. The van der Waals surface area contributed by atoms with Gasteiger partial charge in [-0.2, -0.15) is 0 Å². The van der Waals surface area contributed by atoms with Crippen molar-refractivity contribution in [1.29, 1.82) is 0 Å². The van der Waals surface area contributed by atoms with Gasteiger partial charge in [-0.15, -0.1) is 0 Å². The first-order chi connectivity index (χ1) is 16.4. The van der Waals surface area contributed by atoms with Gasteiger partial charge in [0.1, 0.15) is 23.0 Å². The smallest absolute Gasteiger partial charge is 0.295 e. The third kappa shape index (κ3) is 4.87. The van der Waals surface area contributed by atoms with Crippen LogP contribution in [0.15, 0.2) is 48.0 Å². The summed E-state index contributed by atoms with van der Waals surface area (Å²) < 4.78 is 16.2. The lowest BCUT2D eigenvalue weighted by molar-refractivity contribution is -0.140. The van der Waals surface area contributed by atoms with Crippen LogP contribution >= 0.6 is 0 Å². The van der Waals surface area contributed by atoms with Crippen molar-refractivity contribution in [1.82, 2.24) is 9.80 Å². The van der Waals surface area contributed by atoms with E-state index in [4.69, 9.17) is 14.2 Å². The van der Waals surface area contributed by atoms with E-state index >= 15 is 0 Å². The number of aliphatic hydroxyl groups is 1. The Morgan fingerprint density at radius 2 is 1.56 bits per heavy atom. The Morgan fingerprint density at radius 1 is 0.941 bits per heavy atom. The fraction of sp³-hybridized carbons (Fsp3) is 0.385. The highest BCUT2D eigenvalue weighted by atomic mass is 16.5. The summed E-state index contributed by atoms with van der Waals surface area (Å²) in [5.74, 6) is 0.0130. The summed E-state index contributed by atoms with van der Waals surface area (Å²) in [4.78, 5) is 30.1. The van der Waals surface area contributed by atoms with Crippen molar-refractivity contribution in [2.45, 2.75) is 19.9 Å². The molecule has 2 aromatic rings. The van der Waals surface area contributed by atoms with Gasteiger partial charge in [0.05, 0.1) is 32.9 Å². The highest BCUT2D eigenvalue weighted by molar-refractivity contribution is 6.46. The zero-order chi connectivity index (χ0) is 24.8. The Labute approximate surface area is 200 Å². The number of likely N-dealkylation sites (tertiary alicyclic amines) is 1. The van der Waals surface area contributed by atoms with Crippen LogP contribution in [0.5, 0.6) is 17.2 Å². The monoisotopic (exact) mass is 468 g/mol. The first kappa shape index (κ1) is 25.1. The van der Waals surface area contributed by atoms with Crippen LogP contribution in [0.1, 0.15) is 31.0 Å². The molecule has 1 fully saturated rings. The first-order valence-electron chi connectivity index (χ1n) is 11.3. The molecule has 2 aromatic carbocycles. The molecular weight excluding hydrogens is 436 g/mol. The molecule has 1 aliphatic heterocycles. The first-order valence-corrected chi connectivity index (χ1v) is 11.3. The number of amides is 1. The standard InChI is InChI=1S/C26H32N2O6/c1-6-27(7-2)14-15-28-23(20-16-19(33-4)12-13-21(20)34-5)22(25(30)26(28)31)24(29)17-8-10-18(32-3)11-9-17/h8-13,16,23,29H,6-7,14-15H2,1-5H3/b24-22+/t23-/m1/s1. The molecule has 8 heteroatoms. The number of ketones is 1. The van der Waals surface area contributed by atoms with Gasteiger partial charge < -0.3 is 29.1 Å². The number of rotatable bonds is 10. The van der Waals surface area contributed by atoms with Crippen molar-refractivity contribution in [2.24, 2.45) is 0 Å². The predicted octanol–water partition coefficient (Wildman–Crippen LogP) is 3.48. The molecule has 0 saturated carbocycles. The quantitative estimate of drug-likeness (QED) is 0.324. The van der Waals surface area contributed by atoms with E-state index in [0.29, 0.717) is 41.5 Å². The van der Waals surface area contributed by atoms with Crippen LogP contribution in [0.4, 0.5) is 0 Å². The van der Waals surface area contributed by atoms with Gasteiger partial charge in [-0.1, -0.05) is 13.8 Å². The van der Waals surface area contributed by atoms with Crippen molar-refractivity contribution in [3.05, 3.63) is 59.2 Å². The minimum atomic E-state index is -0.831. The van der Waals surface area contributed by atoms with E-state index in [9.17, 15) is 14.7 Å². The third-order valence-electron chi connectivity index (χ3n) is 6.19. The van der Waals surface area contributed by atoms with Crippen LogP contribution in [0.3, 0.4) is 0 Å². The lowest BCUT2D eigenvalue weighted by Crippen LogP contribution is -2.38. The van der Waals surface area contributed by atoms with E-state index < -0.39 is 17.7 Å². The molecule has 1 aliphatic rings. The Balaban J connectivity index is 2.18. The topological polar surface area (TPSA) is 88.5 Å². The second-order valence-corrected chi connectivity index (χ2v) is 7.86. The SMILES string of the molecule is CCN(CC)CCN1C(=O)C(=O)/C(=C(/O)c2ccc(OC)cc2)[C@H]1c1cc(OC)ccc1OC. The number of aliphatic hydroxyl groups excluding tert-OH is 1. The number of methoxy groups -OCH3 is 3. The summed E-state index contributed by atoms with van der Waals surface area (Å²) in [6.45, 7) is 6.63. The van der Waals surface area contributed by atoms with Crippen LogP contribution < -0.4 is 14.2 Å². The van der Waals surface area contributed by atoms with Gasteiger partial charge in [-0.25, -0.2) is 0 Å². The van der Waals surface area contributed by atoms with Gasteiger partial charge in [0.2, 0.25) is 0 Å². The second-order valence-electron chi connectivity index (χ2n) is 7.86. The summed E-state index contributed by atoms with van der Waals surface area (Å²) in [5.41, 5.74) is 0.992. The fourth-order valence-corrected chi connectivity index (χ4v) is 4.18. The number of carbonyl (C=O) groups excluding carboxylic acids is 2. The maximum atomic E-state index is 13.3. The lowest BCUT2D eigenvalue weighted by Gasteiger charge is -2.29. The van der Waals surface area contributed by atoms with Gasteiger partial charge in [-0.05, 0) is 55.6 Å². The predicted molar refractivity (Wildman–Crippen MR) is 129 cm³/mol. The number of Topliss-reactive ketones (excluding diaryl/α,β-unsaturated/α-hetero) is 1. The zero-order valence-corrected chi connectivity index (χ0v) is 20.3. The molecule has 1 amide bonds. The fourth-order valence-electron chi connectivity index (χ4n) is 4.18. The number of benzene rings is 2. The number of likely N-dealkylation sites (N-methyl/N-ethyl adjacent to an activating group) is 1. The lowest BCUT2D eigenvalue weighted by atomic mass is 9.94. The number of hydrogen-bond acceptors (Lipinski definition) is 7. The molecule has 0 aliphatic carbocycles. The van der Waals surface area contributed by atoms with E-state index in [2.05, 4.69) is 4.90 Å². The normalized spacial score (nSPS) is 17.4. The van der Waals surface area contributed by atoms with Gasteiger partial charge in [-0.3, -0.25) is 9.59 Å². The molecule has 0 spiro atoms. The van der Waals surface area contributed by atoms with Crippen molar-refractivity contribution in [3.8, 4) is 17.2 Å². The minimum Gasteiger partial charge on any atom is -0.507 e. The zero-order valence-electron chi connectivity index (χ0n) is 20.3. The summed E-state index contributed by atoms with van der Waals surface area (Å²) in [7, 11) is 4.61. The van der Waals surface area contributed by atoms with Crippen LogP contribution in [0, 0.1) is 0 Å². The minimum absolute atomic E-state index is 0.0151. The second kappa shape index (κ2) is 11.1. The average Bonchev–Trinajstić information content (AvgIpc) is 3.13. The van der Waals surface area contributed by atoms with Crippen molar-refractivity contribution >= 4 is 17.4 Å². The molecule has 0 unspecified atom stereocenters. The molecule has 0 radical (unpaired) electrons. The molecule has 8 nitrogen and oxygen atoms in total. The Hall–Kier alpha value is -3.52. The summed E-state index contributed by atoms with van der Waals surface area (Å²) in [5, 5.41) is 11.2. The van der Waals surface area contributed by atoms with Crippen molar-refractivity contribution in [3.63, 3.8) is 0 Å². The van der Waals surface area contributed by atoms with Crippen LogP contribution in [-0.2, 0) is 9.59 Å². The molecule has 34 heavy (non-hydrogen) atoms. The van der Waals surface area contributed by atoms with Crippen LogP contribution in [0.25, 0.3) is 5.76 Å². The largest absolute Gasteiger partial charge is 0.507 e. The van der Waals surface area contributed by atoms with E-state index in [1.54, 1.807) is 56.7 Å². The molecule has 0 aromatic heterocycles. The highest BCUT2D eigenvalue weighted by Gasteiger charge is 2.47. The summed E-state index contributed by atoms with van der Waals surface area (Å²) in [6, 6.07) is 11.1. The molecule has 182 valence electrons. The van der Waals surface area contributed by atoms with Crippen molar-refractivity contribution < 1.29 is 28.9 Å². The van der Waals surface area contributed by atoms with Gasteiger partial charge in [0.25, 0.3) is 11.7 Å². The Bertz CT molecular complexity index is 1060. The Kier molecular flexibility index (Phi) is 8.17. The molecule has 1 N–H and O–H groups in total. The molecule has 1 atom stereocenters. The molecule has 3 rings (SSSR count). The highest BCUT2D eigenvalue weighted by Crippen LogP contribution is 2.43. The van der Waals surface area contributed by atoms with E-state index in [1.165, 1.54) is 12.0 Å². The van der Waals surface area contributed by atoms with Gasteiger partial charge >= 0.3 is 0 Å². The van der Waals surface area contributed by atoms with Crippen molar-refractivity contribution in [2.75, 3.05) is 47.5 Å². The van der Waals surface area contributed by atoms with E-state index in [0.717, 1.165) is 13.1 Å². The van der Waals surface area contributed by atoms with Gasteiger partial charge in [0.15, 0.2) is 0 Å². The van der Waals surface area contributed by atoms with Gasteiger partial charge in [0, 0.05) is 24.2 Å². The summed E-state index contributed by atoms with van der Waals surface area (Å²) in [6.07, 6.45) is 0. The maximum Gasteiger partial charge on any atom is 0.295 e. The molecular formula is C26H32N2O6. The van der Waals surface area contributed by atoms with Crippen LogP contribution in [-0.4, -0.2) is 74.1 Å². The number of nitrogens with zero attached hydrogens (tertiary/aromatic N) is 2. The number of ether oxygens (including phenoxy) is 3. The number of hydrogen-bond donors (Lipinski definition) is 1. The molecule has 1 heterocycles. The maximum absolute atomic E-state index is 13.3. The van der Waals surface area contributed by atoms with Crippen LogP contribution in [0.2, 0.25) is 0 Å². The average molecular weight is 469 g/mol. The molecule has 0 bridgehead atoms. The Morgan fingerprint density at radius 3 is 2.12 bits per heavy atom. The number of carbonyl (C=O) groups is 2. The van der Waals surface area contributed by atoms with E-state index in [1.807, 2.05) is 13.8 Å².